The van der Waals surface area contributed by atoms with Crippen molar-refractivity contribution in [2.45, 2.75) is 39.2 Å². The smallest absolute Gasteiger partial charge is 0.141 e. The van der Waals surface area contributed by atoms with Crippen molar-refractivity contribution in [2.24, 2.45) is 5.73 Å². The highest BCUT2D eigenvalue weighted by atomic mass is 35.5. The van der Waals surface area contributed by atoms with Crippen molar-refractivity contribution in [3.63, 3.8) is 0 Å². The van der Waals surface area contributed by atoms with Crippen LogP contribution in [-0.4, -0.2) is 12.6 Å². The zero-order chi connectivity index (χ0) is 12.8. The molecule has 0 aromatic heterocycles. The molecule has 1 unspecified atom stereocenters. The summed E-state index contributed by atoms with van der Waals surface area (Å²) in [6, 6.07) is 3.63. The molecule has 1 atom stereocenters. The molecule has 0 aliphatic rings. The van der Waals surface area contributed by atoms with E-state index < -0.39 is 0 Å². The van der Waals surface area contributed by atoms with Crippen LogP contribution >= 0.6 is 23.2 Å². The lowest BCUT2D eigenvalue weighted by atomic mass is 10.1. The van der Waals surface area contributed by atoms with Crippen LogP contribution in [0.25, 0.3) is 0 Å². The SMILES string of the molecule is CCCCOc1c(Cl)cc(Cl)cc1CC(C)N. The van der Waals surface area contributed by atoms with Crippen LogP contribution in [0.4, 0.5) is 0 Å². The maximum absolute atomic E-state index is 6.15. The van der Waals surface area contributed by atoms with Gasteiger partial charge in [0.15, 0.2) is 0 Å². The molecule has 96 valence electrons. The van der Waals surface area contributed by atoms with E-state index in [0.29, 0.717) is 23.1 Å². The van der Waals surface area contributed by atoms with Crippen molar-refractivity contribution in [1.29, 1.82) is 0 Å². The van der Waals surface area contributed by atoms with Gasteiger partial charge in [-0.15, -0.1) is 0 Å². The Kier molecular flexibility index (Phi) is 6.10. The molecule has 0 radical (unpaired) electrons. The fraction of sp³-hybridized carbons (Fsp3) is 0.538. The summed E-state index contributed by atoms with van der Waals surface area (Å²) in [6.07, 6.45) is 2.81. The molecule has 2 N–H and O–H groups in total. The second-order valence-electron chi connectivity index (χ2n) is 4.26. The van der Waals surface area contributed by atoms with E-state index >= 15 is 0 Å². The standard InChI is InChI=1S/C13H19Cl2NO/c1-3-4-5-17-13-10(6-9(2)16)7-11(14)8-12(13)15/h7-9H,3-6,16H2,1-2H3. The number of rotatable bonds is 6. The second-order valence-corrected chi connectivity index (χ2v) is 5.10. The average Bonchev–Trinajstić information content (AvgIpc) is 2.21. The first kappa shape index (κ1) is 14.6. The second kappa shape index (κ2) is 7.10. The highest BCUT2D eigenvalue weighted by Crippen LogP contribution is 2.33. The van der Waals surface area contributed by atoms with Gasteiger partial charge in [0, 0.05) is 11.1 Å². The van der Waals surface area contributed by atoms with Gasteiger partial charge in [-0.25, -0.2) is 0 Å². The Hall–Kier alpha value is -0.440. The minimum atomic E-state index is 0.0538. The number of halogens is 2. The first-order valence-corrected chi connectivity index (χ1v) is 6.66. The summed E-state index contributed by atoms with van der Waals surface area (Å²) >= 11 is 12.1. The van der Waals surface area contributed by atoms with Crippen LogP contribution < -0.4 is 10.5 Å². The Bertz CT molecular complexity index is 367. The Morgan fingerprint density at radius 2 is 2.06 bits per heavy atom. The lowest BCUT2D eigenvalue weighted by molar-refractivity contribution is 0.306. The normalized spacial score (nSPS) is 12.5. The van der Waals surface area contributed by atoms with Crippen LogP contribution in [0, 0.1) is 0 Å². The number of nitrogens with two attached hydrogens (primary N) is 1. The molecule has 0 fully saturated rings. The Balaban J connectivity index is 2.90. The topological polar surface area (TPSA) is 35.2 Å². The predicted octanol–water partition coefficient (Wildman–Crippen LogP) is 4.06. The molecule has 0 spiro atoms. The Labute approximate surface area is 113 Å². The largest absolute Gasteiger partial charge is 0.492 e. The molecule has 0 amide bonds. The maximum atomic E-state index is 6.15. The maximum Gasteiger partial charge on any atom is 0.141 e. The van der Waals surface area contributed by atoms with Crippen LogP contribution in [0.5, 0.6) is 5.75 Å². The minimum absolute atomic E-state index is 0.0538. The summed E-state index contributed by atoms with van der Waals surface area (Å²) in [5, 5.41) is 1.18. The summed E-state index contributed by atoms with van der Waals surface area (Å²) in [4.78, 5) is 0. The number of benzene rings is 1. The van der Waals surface area contributed by atoms with Crippen LogP contribution in [0.15, 0.2) is 12.1 Å². The molecule has 17 heavy (non-hydrogen) atoms. The van der Waals surface area contributed by atoms with E-state index in [1.807, 2.05) is 13.0 Å². The Morgan fingerprint density at radius 1 is 1.35 bits per heavy atom. The van der Waals surface area contributed by atoms with Gasteiger partial charge in [0.05, 0.1) is 11.6 Å². The number of unbranched alkanes of at least 4 members (excludes halogenated alkanes) is 1. The lowest BCUT2D eigenvalue weighted by Gasteiger charge is -2.15. The van der Waals surface area contributed by atoms with E-state index in [2.05, 4.69) is 6.92 Å². The molecule has 1 rings (SSSR count). The molecule has 1 aromatic carbocycles. The van der Waals surface area contributed by atoms with Crippen molar-refractivity contribution in [3.05, 3.63) is 27.7 Å². The number of hydrogen-bond acceptors (Lipinski definition) is 2. The van der Waals surface area contributed by atoms with Crippen molar-refractivity contribution in [2.75, 3.05) is 6.61 Å². The van der Waals surface area contributed by atoms with Crippen molar-refractivity contribution < 1.29 is 4.74 Å². The molecule has 1 aromatic rings. The average molecular weight is 276 g/mol. The van der Waals surface area contributed by atoms with E-state index in [1.54, 1.807) is 6.07 Å². The van der Waals surface area contributed by atoms with Crippen LogP contribution in [-0.2, 0) is 6.42 Å². The van der Waals surface area contributed by atoms with E-state index in [-0.39, 0.29) is 6.04 Å². The highest BCUT2D eigenvalue weighted by molar-refractivity contribution is 6.35. The number of hydrogen-bond donors (Lipinski definition) is 1. The van der Waals surface area contributed by atoms with Gasteiger partial charge in [-0.2, -0.15) is 0 Å². The Morgan fingerprint density at radius 3 is 2.65 bits per heavy atom. The van der Waals surface area contributed by atoms with Crippen LogP contribution in [0.1, 0.15) is 32.3 Å². The van der Waals surface area contributed by atoms with Gasteiger partial charge in [0.25, 0.3) is 0 Å². The third-order valence-electron chi connectivity index (χ3n) is 2.37. The summed E-state index contributed by atoms with van der Waals surface area (Å²) in [7, 11) is 0. The molecule has 0 aliphatic carbocycles. The summed E-state index contributed by atoms with van der Waals surface area (Å²) in [5.41, 5.74) is 6.79. The van der Waals surface area contributed by atoms with Crippen LogP contribution in [0.2, 0.25) is 10.0 Å². The molecule has 4 heteroatoms. The van der Waals surface area contributed by atoms with Gasteiger partial charge in [0.1, 0.15) is 5.75 Å². The third kappa shape index (κ3) is 4.74. The van der Waals surface area contributed by atoms with Gasteiger partial charge in [0.2, 0.25) is 0 Å². The first-order valence-electron chi connectivity index (χ1n) is 5.91. The van der Waals surface area contributed by atoms with Gasteiger partial charge in [-0.1, -0.05) is 36.5 Å². The molecule has 0 aliphatic heterocycles. The predicted molar refractivity (Wildman–Crippen MR) is 74.2 cm³/mol. The van der Waals surface area contributed by atoms with Gasteiger partial charge in [-0.3, -0.25) is 0 Å². The van der Waals surface area contributed by atoms with Gasteiger partial charge in [-0.05, 0) is 37.5 Å². The van der Waals surface area contributed by atoms with Crippen LogP contribution in [0.3, 0.4) is 0 Å². The van der Waals surface area contributed by atoms with E-state index in [4.69, 9.17) is 33.7 Å². The third-order valence-corrected chi connectivity index (χ3v) is 2.87. The molecule has 0 saturated heterocycles. The summed E-state index contributed by atoms with van der Waals surface area (Å²) < 4.78 is 5.72. The summed E-state index contributed by atoms with van der Waals surface area (Å²) in [6.45, 7) is 4.74. The van der Waals surface area contributed by atoms with Gasteiger partial charge < -0.3 is 10.5 Å². The van der Waals surface area contributed by atoms with E-state index in [0.717, 1.165) is 24.2 Å². The molecular formula is C13H19Cl2NO. The lowest BCUT2D eigenvalue weighted by Crippen LogP contribution is -2.18. The van der Waals surface area contributed by atoms with E-state index in [1.165, 1.54) is 0 Å². The quantitative estimate of drug-likeness (QED) is 0.795. The monoisotopic (exact) mass is 275 g/mol. The summed E-state index contributed by atoms with van der Waals surface area (Å²) in [5.74, 6) is 0.724. The number of ether oxygens (including phenoxy) is 1. The molecular weight excluding hydrogens is 257 g/mol. The first-order chi connectivity index (χ1) is 8.04. The zero-order valence-corrected chi connectivity index (χ0v) is 11.8. The van der Waals surface area contributed by atoms with Gasteiger partial charge >= 0.3 is 0 Å². The minimum Gasteiger partial charge on any atom is -0.492 e. The highest BCUT2D eigenvalue weighted by Gasteiger charge is 2.12. The molecule has 0 bridgehead atoms. The van der Waals surface area contributed by atoms with Crippen molar-refractivity contribution >= 4 is 23.2 Å². The van der Waals surface area contributed by atoms with Crippen molar-refractivity contribution in [3.8, 4) is 5.75 Å². The van der Waals surface area contributed by atoms with E-state index in [9.17, 15) is 0 Å². The molecule has 2 nitrogen and oxygen atoms in total. The fourth-order valence-electron chi connectivity index (χ4n) is 1.59. The molecule has 0 heterocycles. The zero-order valence-electron chi connectivity index (χ0n) is 10.3. The molecule has 0 saturated carbocycles. The van der Waals surface area contributed by atoms with Crippen molar-refractivity contribution in [1.82, 2.24) is 0 Å². The fourth-order valence-corrected chi connectivity index (χ4v) is 2.18.